The molecule has 1 saturated heterocycles. The van der Waals surface area contributed by atoms with Crippen molar-refractivity contribution in [1.82, 2.24) is 10.2 Å². The van der Waals surface area contributed by atoms with Crippen molar-refractivity contribution in [2.75, 3.05) is 36.4 Å². The lowest BCUT2D eigenvalue weighted by atomic mass is 10.2. The number of halogens is 4. The Labute approximate surface area is 199 Å². The van der Waals surface area contributed by atoms with Crippen LogP contribution >= 0.6 is 23.8 Å². The summed E-state index contributed by atoms with van der Waals surface area (Å²) in [5.41, 5.74) is 1.97. The molecule has 0 spiro atoms. The summed E-state index contributed by atoms with van der Waals surface area (Å²) in [5, 5.41) is 5.90. The van der Waals surface area contributed by atoms with Crippen molar-refractivity contribution in [3.8, 4) is 0 Å². The minimum Gasteiger partial charge on any atom is -0.366 e. The monoisotopic (exact) mass is 496 g/mol. The summed E-state index contributed by atoms with van der Waals surface area (Å²) in [7, 11) is 0. The van der Waals surface area contributed by atoms with Gasteiger partial charge in [0.1, 0.15) is 0 Å². The minimum absolute atomic E-state index is 0.0344. The normalized spacial score (nSPS) is 14.3. The van der Waals surface area contributed by atoms with Crippen LogP contribution in [0.5, 0.6) is 0 Å². The Hall–Kier alpha value is -3.11. The smallest absolute Gasteiger partial charge is 0.366 e. The summed E-state index contributed by atoms with van der Waals surface area (Å²) in [4.78, 5) is 26.2. The maximum Gasteiger partial charge on any atom is 0.471 e. The Bertz CT molecular complexity index is 1060. The van der Waals surface area contributed by atoms with E-state index in [-0.39, 0.29) is 31.3 Å². The maximum atomic E-state index is 12.7. The van der Waals surface area contributed by atoms with Crippen molar-refractivity contribution < 1.29 is 22.8 Å². The molecule has 0 radical (unpaired) electrons. The van der Waals surface area contributed by atoms with E-state index >= 15 is 0 Å². The standard InChI is InChI=1S/C22H20ClF3N4O2S/c23-16-7-8-18(29-10-12-30(13-11-29)20(32)22(24,25)26)17(14-16)27-21(33)28-19(31)9-6-15-4-2-1-3-5-15/h1-9,14H,10-13H2,(H2,27,28,31,33)/b9-6+. The van der Waals surface area contributed by atoms with Gasteiger partial charge in [-0.2, -0.15) is 13.2 Å². The first-order valence-electron chi connectivity index (χ1n) is 9.89. The maximum absolute atomic E-state index is 12.7. The highest BCUT2D eigenvalue weighted by Gasteiger charge is 2.43. The molecule has 1 heterocycles. The third-order valence-corrected chi connectivity index (χ3v) is 5.26. The number of carbonyl (C=O) groups is 2. The molecule has 1 aliphatic rings. The van der Waals surface area contributed by atoms with E-state index in [1.165, 1.54) is 6.08 Å². The van der Waals surface area contributed by atoms with Gasteiger partial charge < -0.3 is 15.1 Å². The quantitative estimate of drug-likeness (QED) is 0.493. The molecule has 174 valence electrons. The summed E-state index contributed by atoms with van der Waals surface area (Å²) in [5.74, 6) is -2.27. The predicted octanol–water partition coefficient (Wildman–Crippen LogP) is 4.08. The zero-order chi connectivity index (χ0) is 24.0. The largest absolute Gasteiger partial charge is 0.471 e. The first-order chi connectivity index (χ1) is 15.6. The van der Waals surface area contributed by atoms with Crippen LogP contribution in [0.1, 0.15) is 5.56 Å². The number of alkyl halides is 3. The Balaban J connectivity index is 1.63. The van der Waals surface area contributed by atoms with Gasteiger partial charge in [0.2, 0.25) is 5.91 Å². The van der Waals surface area contributed by atoms with Crippen LogP contribution in [0.3, 0.4) is 0 Å². The van der Waals surface area contributed by atoms with Gasteiger partial charge >= 0.3 is 12.1 Å². The second-order valence-corrected chi connectivity index (χ2v) is 7.97. The molecule has 3 rings (SSSR count). The number of benzene rings is 2. The van der Waals surface area contributed by atoms with Gasteiger partial charge in [-0.25, -0.2) is 0 Å². The summed E-state index contributed by atoms with van der Waals surface area (Å²) < 4.78 is 38.0. The minimum atomic E-state index is -4.89. The fourth-order valence-corrected chi connectivity index (χ4v) is 3.64. The summed E-state index contributed by atoms with van der Waals surface area (Å²) in [6, 6.07) is 14.2. The Morgan fingerprint density at radius 3 is 2.33 bits per heavy atom. The second kappa shape index (κ2) is 10.7. The van der Waals surface area contributed by atoms with E-state index in [9.17, 15) is 22.8 Å². The highest BCUT2D eigenvalue weighted by molar-refractivity contribution is 7.80. The van der Waals surface area contributed by atoms with Crippen LogP contribution in [0.2, 0.25) is 5.02 Å². The summed E-state index contributed by atoms with van der Waals surface area (Å²) >= 11 is 11.3. The van der Waals surface area contributed by atoms with E-state index < -0.39 is 18.0 Å². The predicted molar refractivity (Wildman–Crippen MR) is 126 cm³/mol. The van der Waals surface area contributed by atoms with Gasteiger partial charge in [0.15, 0.2) is 5.11 Å². The molecule has 0 unspecified atom stereocenters. The van der Waals surface area contributed by atoms with Crippen molar-refractivity contribution in [3.63, 3.8) is 0 Å². The summed E-state index contributed by atoms with van der Waals surface area (Å²) in [6.07, 6.45) is -1.90. The molecule has 0 aromatic heterocycles. The molecular weight excluding hydrogens is 477 g/mol. The van der Waals surface area contributed by atoms with Gasteiger partial charge in [0, 0.05) is 37.3 Å². The molecule has 11 heteroatoms. The fourth-order valence-electron chi connectivity index (χ4n) is 3.26. The number of hydrogen-bond acceptors (Lipinski definition) is 4. The number of hydrogen-bond donors (Lipinski definition) is 2. The van der Waals surface area contributed by atoms with Crippen LogP contribution in [0.4, 0.5) is 24.5 Å². The molecule has 1 fully saturated rings. The average molecular weight is 497 g/mol. The van der Waals surface area contributed by atoms with Gasteiger partial charge in [-0.1, -0.05) is 41.9 Å². The molecule has 2 aromatic carbocycles. The van der Waals surface area contributed by atoms with Crippen LogP contribution < -0.4 is 15.5 Å². The SMILES string of the molecule is O=C(/C=C/c1ccccc1)NC(=S)Nc1cc(Cl)ccc1N1CCN(C(=O)C(F)(F)F)CC1. The van der Waals surface area contributed by atoms with E-state index in [1.807, 2.05) is 35.2 Å². The van der Waals surface area contributed by atoms with Crippen molar-refractivity contribution in [3.05, 3.63) is 65.2 Å². The number of thiocarbonyl (C=S) groups is 1. The number of nitrogens with zero attached hydrogens (tertiary/aromatic N) is 2. The van der Waals surface area contributed by atoms with Crippen molar-refractivity contribution in [2.45, 2.75) is 6.18 Å². The first-order valence-corrected chi connectivity index (χ1v) is 10.7. The molecule has 2 aromatic rings. The van der Waals surface area contributed by atoms with E-state index in [0.29, 0.717) is 16.4 Å². The topological polar surface area (TPSA) is 64.7 Å². The van der Waals surface area contributed by atoms with Crippen molar-refractivity contribution in [1.29, 1.82) is 0 Å². The van der Waals surface area contributed by atoms with E-state index in [4.69, 9.17) is 23.8 Å². The molecule has 2 amide bonds. The van der Waals surface area contributed by atoms with Crippen molar-refractivity contribution >= 4 is 58.2 Å². The number of rotatable bonds is 4. The molecule has 0 atom stereocenters. The highest BCUT2D eigenvalue weighted by Crippen LogP contribution is 2.30. The Kier molecular flexibility index (Phi) is 7.93. The first kappa shape index (κ1) is 24.5. The summed E-state index contributed by atoms with van der Waals surface area (Å²) in [6.45, 7) is 0.228. The Morgan fingerprint density at radius 2 is 1.70 bits per heavy atom. The Morgan fingerprint density at radius 1 is 1.03 bits per heavy atom. The van der Waals surface area contributed by atoms with Crippen LogP contribution in [0, 0.1) is 0 Å². The zero-order valence-corrected chi connectivity index (χ0v) is 18.8. The van der Waals surface area contributed by atoms with Gasteiger partial charge in [0.05, 0.1) is 11.4 Å². The lowest BCUT2D eigenvalue weighted by Crippen LogP contribution is -2.52. The molecule has 6 nitrogen and oxygen atoms in total. The van der Waals surface area contributed by atoms with Crippen LogP contribution in [-0.4, -0.2) is 54.2 Å². The number of nitrogens with one attached hydrogen (secondary N) is 2. The van der Waals surface area contributed by atoms with E-state index in [2.05, 4.69) is 10.6 Å². The molecule has 1 aliphatic heterocycles. The highest BCUT2D eigenvalue weighted by atomic mass is 35.5. The van der Waals surface area contributed by atoms with Crippen LogP contribution in [-0.2, 0) is 9.59 Å². The lowest BCUT2D eigenvalue weighted by molar-refractivity contribution is -0.185. The average Bonchev–Trinajstić information content (AvgIpc) is 2.77. The lowest BCUT2D eigenvalue weighted by Gasteiger charge is -2.37. The van der Waals surface area contributed by atoms with Gasteiger partial charge in [-0.05, 0) is 42.1 Å². The second-order valence-electron chi connectivity index (χ2n) is 7.13. The number of carbonyl (C=O) groups excluding carboxylic acids is 2. The fraction of sp³-hybridized carbons (Fsp3) is 0.227. The number of amides is 2. The zero-order valence-electron chi connectivity index (χ0n) is 17.2. The molecule has 33 heavy (non-hydrogen) atoms. The van der Waals surface area contributed by atoms with Crippen LogP contribution in [0.15, 0.2) is 54.6 Å². The molecule has 2 N–H and O–H groups in total. The number of piperazine rings is 1. The molecular formula is C22H20ClF3N4O2S. The third-order valence-electron chi connectivity index (χ3n) is 4.82. The van der Waals surface area contributed by atoms with Gasteiger partial charge in [-0.3, -0.25) is 14.9 Å². The van der Waals surface area contributed by atoms with E-state index in [1.54, 1.807) is 24.3 Å². The van der Waals surface area contributed by atoms with Gasteiger partial charge in [-0.15, -0.1) is 0 Å². The van der Waals surface area contributed by atoms with Crippen LogP contribution in [0.25, 0.3) is 6.08 Å². The third kappa shape index (κ3) is 6.93. The number of anilines is 2. The molecule has 0 bridgehead atoms. The van der Waals surface area contributed by atoms with Crippen molar-refractivity contribution in [2.24, 2.45) is 0 Å². The van der Waals surface area contributed by atoms with Gasteiger partial charge in [0.25, 0.3) is 0 Å². The molecule has 0 saturated carbocycles. The molecule has 0 aliphatic carbocycles. The van der Waals surface area contributed by atoms with E-state index in [0.717, 1.165) is 10.5 Å².